The van der Waals surface area contributed by atoms with E-state index in [0.717, 1.165) is 11.4 Å². The number of thioether (sulfide) groups is 1. The maximum Gasteiger partial charge on any atom is 0.230 e. The van der Waals surface area contributed by atoms with E-state index in [1.165, 1.54) is 11.8 Å². The van der Waals surface area contributed by atoms with Gasteiger partial charge in [-0.3, -0.25) is 9.36 Å². The molecule has 0 fully saturated rings. The number of rotatable bonds is 5. The Labute approximate surface area is 115 Å². The summed E-state index contributed by atoms with van der Waals surface area (Å²) < 4.78 is 6.96. The maximum atomic E-state index is 11.1. The highest BCUT2D eigenvalue weighted by Gasteiger charge is 2.15. The van der Waals surface area contributed by atoms with Crippen LogP contribution < -0.4 is 10.5 Å². The third kappa shape index (κ3) is 3.05. The summed E-state index contributed by atoms with van der Waals surface area (Å²) in [6.45, 7) is 1.73. The van der Waals surface area contributed by atoms with Gasteiger partial charge in [0, 0.05) is 6.07 Å². The van der Waals surface area contributed by atoms with Crippen LogP contribution in [0.2, 0.25) is 0 Å². The lowest BCUT2D eigenvalue weighted by atomic mass is 10.3. The largest absolute Gasteiger partial charge is 0.497 e. The van der Waals surface area contributed by atoms with Crippen molar-refractivity contribution in [1.29, 1.82) is 0 Å². The molecule has 1 atom stereocenters. The van der Waals surface area contributed by atoms with Crippen LogP contribution in [0.1, 0.15) is 6.92 Å². The second-order valence-corrected chi connectivity index (χ2v) is 5.16. The SMILES string of the molecule is COc1cccc(-n2cnnc2S[C@H](C)C(N)=O)c1. The molecule has 1 aromatic heterocycles. The molecule has 1 heterocycles. The zero-order chi connectivity index (χ0) is 13.8. The molecule has 0 aliphatic heterocycles. The lowest BCUT2D eigenvalue weighted by Crippen LogP contribution is -2.22. The van der Waals surface area contributed by atoms with Gasteiger partial charge in [-0.1, -0.05) is 17.8 Å². The number of hydrogen-bond donors (Lipinski definition) is 1. The van der Waals surface area contributed by atoms with Gasteiger partial charge in [0.2, 0.25) is 5.91 Å². The molecule has 2 rings (SSSR count). The highest BCUT2D eigenvalue weighted by molar-refractivity contribution is 8.00. The predicted octanol–water partition coefficient (Wildman–Crippen LogP) is 1.24. The minimum atomic E-state index is -0.384. The molecule has 19 heavy (non-hydrogen) atoms. The van der Waals surface area contributed by atoms with Crippen molar-refractivity contribution in [2.75, 3.05) is 7.11 Å². The number of primary amides is 1. The molecule has 0 aliphatic carbocycles. The summed E-state index contributed by atoms with van der Waals surface area (Å²) in [4.78, 5) is 11.1. The van der Waals surface area contributed by atoms with Crippen LogP contribution in [0.25, 0.3) is 5.69 Å². The minimum absolute atomic E-state index is 0.367. The lowest BCUT2D eigenvalue weighted by molar-refractivity contribution is -0.117. The Balaban J connectivity index is 2.30. The van der Waals surface area contributed by atoms with Crippen LogP contribution in [-0.2, 0) is 4.79 Å². The second-order valence-electron chi connectivity index (χ2n) is 3.85. The van der Waals surface area contributed by atoms with E-state index in [0.29, 0.717) is 5.16 Å². The number of hydrogen-bond acceptors (Lipinski definition) is 5. The third-order valence-corrected chi connectivity index (χ3v) is 3.61. The van der Waals surface area contributed by atoms with E-state index in [4.69, 9.17) is 10.5 Å². The fourth-order valence-corrected chi connectivity index (χ4v) is 2.25. The van der Waals surface area contributed by atoms with Gasteiger partial charge in [-0.15, -0.1) is 10.2 Å². The van der Waals surface area contributed by atoms with Gasteiger partial charge in [0.25, 0.3) is 0 Å². The Bertz CT molecular complexity index is 585. The average molecular weight is 278 g/mol. The molecule has 6 nitrogen and oxygen atoms in total. The van der Waals surface area contributed by atoms with E-state index < -0.39 is 0 Å². The molecule has 1 amide bonds. The third-order valence-electron chi connectivity index (χ3n) is 2.53. The Morgan fingerprint density at radius 1 is 1.53 bits per heavy atom. The number of aromatic nitrogens is 3. The van der Waals surface area contributed by atoms with Crippen LogP contribution in [-0.4, -0.2) is 33.0 Å². The predicted molar refractivity (Wildman–Crippen MR) is 72.4 cm³/mol. The van der Waals surface area contributed by atoms with Crippen molar-refractivity contribution in [3.05, 3.63) is 30.6 Å². The van der Waals surface area contributed by atoms with Crippen molar-refractivity contribution < 1.29 is 9.53 Å². The molecular formula is C12H14N4O2S. The molecule has 1 aromatic carbocycles. The fraction of sp³-hybridized carbons (Fsp3) is 0.250. The first-order valence-electron chi connectivity index (χ1n) is 5.62. The summed E-state index contributed by atoms with van der Waals surface area (Å²) in [6, 6.07) is 7.50. The topological polar surface area (TPSA) is 83.0 Å². The van der Waals surface area contributed by atoms with Gasteiger partial charge in [0.15, 0.2) is 5.16 Å². The normalized spacial score (nSPS) is 12.1. The average Bonchev–Trinajstić information content (AvgIpc) is 2.86. The molecule has 0 unspecified atom stereocenters. The van der Waals surface area contributed by atoms with Gasteiger partial charge in [-0.25, -0.2) is 0 Å². The van der Waals surface area contributed by atoms with E-state index in [1.54, 1.807) is 24.9 Å². The zero-order valence-electron chi connectivity index (χ0n) is 10.6. The van der Waals surface area contributed by atoms with E-state index in [-0.39, 0.29) is 11.2 Å². The van der Waals surface area contributed by atoms with Gasteiger partial charge in [0.1, 0.15) is 12.1 Å². The van der Waals surface area contributed by atoms with Crippen LogP contribution >= 0.6 is 11.8 Å². The maximum absolute atomic E-state index is 11.1. The van der Waals surface area contributed by atoms with Gasteiger partial charge in [-0.05, 0) is 19.1 Å². The number of amides is 1. The van der Waals surface area contributed by atoms with Gasteiger partial charge in [-0.2, -0.15) is 0 Å². The smallest absolute Gasteiger partial charge is 0.230 e. The van der Waals surface area contributed by atoms with Crippen LogP contribution in [0.5, 0.6) is 5.75 Å². The molecule has 2 N–H and O–H groups in total. The summed E-state index contributed by atoms with van der Waals surface area (Å²) >= 11 is 1.27. The first-order chi connectivity index (χ1) is 9.11. The molecule has 0 saturated heterocycles. The Morgan fingerprint density at radius 3 is 3.00 bits per heavy atom. The van der Waals surface area contributed by atoms with Crippen LogP contribution in [0.4, 0.5) is 0 Å². The molecular weight excluding hydrogens is 264 g/mol. The highest BCUT2D eigenvalue weighted by Crippen LogP contribution is 2.25. The standard InChI is InChI=1S/C12H14N4O2S/c1-8(11(13)17)19-12-15-14-7-16(12)9-4-3-5-10(6-9)18-2/h3-8H,1-2H3,(H2,13,17)/t8-/m1/s1. The molecule has 2 aromatic rings. The molecule has 0 bridgehead atoms. The summed E-state index contributed by atoms with van der Waals surface area (Å²) in [5, 5.41) is 8.11. The monoisotopic (exact) mass is 278 g/mol. The van der Waals surface area contributed by atoms with Crippen LogP contribution in [0, 0.1) is 0 Å². The van der Waals surface area contributed by atoms with E-state index in [2.05, 4.69) is 10.2 Å². The lowest BCUT2D eigenvalue weighted by Gasteiger charge is -2.09. The Morgan fingerprint density at radius 2 is 2.32 bits per heavy atom. The zero-order valence-corrected chi connectivity index (χ0v) is 11.4. The quantitative estimate of drug-likeness (QED) is 0.832. The van der Waals surface area contributed by atoms with Gasteiger partial charge >= 0.3 is 0 Å². The minimum Gasteiger partial charge on any atom is -0.497 e. The summed E-state index contributed by atoms with van der Waals surface area (Å²) in [5.41, 5.74) is 6.11. The molecule has 0 radical (unpaired) electrons. The van der Waals surface area contributed by atoms with Gasteiger partial charge in [0.05, 0.1) is 18.0 Å². The first kappa shape index (κ1) is 13.4. The molecule has 100 valence electrons. The number of benzene rings is 1. The van der Waals surface area contributed by atoms with Crippen molar-refractivity contribution >= 4 is 17.7 Å². The molecule has 0 aliphatic rings. The van der Waals surface area contributed by atoms with Crippen LogP contribution in [0.15, 0.2) is 35.7 Å². The van der Waals surface area contributed by atoms with Gasteiger partial charge < -0.3 is 10.5 Å². The molecule has 0 spiro atoms. The van der Waals surface area contributed by atoms with Crippen LogP contribution in [0.3, 0.4) is 0 Å². The number of nitrogens with zero attached hydrogens (tertiary/aromatic N) is 3. The van der Waals surface area contributed by atoms with Crippen molar-refractivity contribution in [2.24, 2.45) is 5.73 Å². The fourth-order valence-electron chi connectivity index (χ4n) is 1.46. The van der Waals surface area contributed by atoms with Crippen molar-refractivity contribution in [3.63, 3.8) is 0 Å². The number of ether oxygens (including phenoxy) is 1. The van der Waals surface area contributed by atoms with E-state index in [1.807, 2.05) is 24.3 Å². The van der Waals surface area contributed by atoms with Crippen molar-refractivity contribution in [2.45, 2.75) is 17.3 Å². The summed E-state index contributed by atoms with van der Waals surface area (Å²) in [6.07, 6.45) is 1.59. The molecule has 7 heteroatoms. The van der Waals surface area contributed by atoms with E-state index in [9.17, 15) is 4.79 Å². The number of methoxy groups -OCH3 is 1. The summed E-state index contributed by atoms with van der Waals surface area (Å²) in [5.74, 6) is 0.357. The second kappa shape index (κ2) is 5.75. The number of carbonyl (C=O) groups is 1. The first-order valence-corrected chi connectivity index (χ1v) is 6.50. The highest BCUT2D eigenvalue weighted by atomic mass is 32.2. The number of carbonyl (C=O) groups excluding carboxylic acids is 1. The Hall–Kier alpha value is -2.02. The summed E-state index contributed by atoms with van der Waals surface area (Å²) in [7, 11) is 1.61. The Kier molecular flexibility index (Phi) is 4.06. The number of nitrogens with two attached hydrogens (primary N) is 1. The molecule has 0 saturated carbocycles. The van der Waals surface area contributed by atoms with Crippen molar-refractivity contribution in [1.82, 2.24) is 14.8 Å². The van der Waals surface area contributed by atoms with E-state index >= 15 is 0 Å². The van der Waals surface area contributed by atoms with Crippen molar-refractivity contribution in [3.8, 4) is 11.4 Å².